The van der Waals surface area contributed by atoms with Crippen molar-refractivity contribution in [1.82, 2.24) is 4.98 Å². The highest BCUT2D eigenvalue weighted by molar-refractivity contribution is 9.10. The standard InChI is InChI=1S/C18H10BrCl2N3/c19-11-3-1-2-10(6-11)17-8-14(15(9-22)18(23)24-17)13-5-4-12(20)7-16(13)21/h1-8H,(H2,23,24). The summed E-state index contributed by atoms with van der Waals surface area (Å²) in [5, 5.41) is 10.4. The fourth-order valence-electron chi connectivity index (χ4n) is 2.40. The lowest BCUT2D eigenvalue weighted by Crippen LogP contribution is -2.00. The first-order valence-electron chi connectivity index (χ1n) is 6.91. The van der Waals surface area contributed by atoms with Crippen LogP contribution < -0.4 is 5.73 Å². The van der Waals surface area contributed by atoms with Gasteiger partial charge in [0.05, 0.1) is 5.69 Å². The number of rotatable bonds is 2. The van der Waals surface area contributed by atoms with Gasteiger partial charge in [-0.25, -0.2) is 4.98 Å². The topological polar surface area (TPSA) is 62.7 Å². The molecule has 0 aliphatic heterocycles. The first-order chi connectivity index (χ1) is 11.5. The molecule has 0 unspecified atom stereocenters. The number of nitrogens with two attached hydrogens (primary N) is 1. The number of hydrogen-bond donors (Lipinski definition) is 1. The Morgan fingerprint density at radius 3 is 2.50 bits per heavy atom. The maximum atomic E-state index is 9.46. The van der Waals surface area contributed by atoms with E-state index in [-0.39, 0.29) is 11.4 Å². The zero-order chi connectivity index (χ0) is 17.3. The van der Waals surface area contributed by atoms with Gasteiger partial charge >= 0.3 is 0 Å². The van der Waals surface area contributed by atoms with Gasteiger partial charge in [-0.15, -0.1) is 0 Å². The number of benzene rings is 2. The first-order valence-corrected chi connectivity index (χ1v) is 8.46. The van der Waals surface area contributed by atoms with Crippen LogP contribution in [0.25, 0.3) is 22.4 Å². The fraction of sp³-hybridized carbons (Fsp3) is 0. The zero-order valence-corrected chi connectivity index (χ0v) is 15.3. The van der Waals surface area contributed by atoms with Crippen LogP contribution in [0.4, 0.5) is 5.82 Å². The van der Waals surface area contributed by atoms with Crippen molar-refractivity contribution in [2.24, 2.45) is 0 Å². The molecule has 0 radical (unpaired) electrons. The molecule has 0 bridgehead atoms. The van der Waals surface area contributed by atoms with Gasteiger partial charge in [-0.3, -0.25) is 0 Å². The Morgan fingerprint density at radius 1 is 1.04 bits per heavy atom. The smallest absolute Gasteiger partial charge is 0.142 e. The summed E-state index contributed by atoms with van der Waals surface area (Å²) < 4.78 is 0.927. The Bertz CT molecular complexity index is 980. The summed E-state index contributed by atoms with van der Waals surface area (Å²) in [6, 6.07) is 16.7. The predicted octanol–water partition coefficient (Wildman–Crippen LogP) is 5.94. The van der Waals surface area contributed by atoms with E-state index >= 15 is 0 Å². The van der Waals surface area contributed by atoms with Crippen LogP contribution in [-0.2, 0) is 0 Å². The van der Waals surface area contributed by atoms with Crippen molar-refractivity contribution in [3.63, 3.8) is 0 Å². The molecule has 1 heterocycles. The molecule has 2 aromatic carbocycles. The summed E-state index contributed by atoms with van der Waals surface area (Å²) in [7, 11) is 0. The molecule has 0 fully saturated rings. The lowest BCUT2D eigenvalue weighted by atomic mass is 9.98. The average Bonchev–Trinajstić information content (AvgIpc) is 2.54. The quantitative estimate of drug-likeness (QED) is 0.560. The van der Waals surface area contributed by atoms with Crippen molar-refractivity contribution in [3.8, 4) is 28.5 Å². The van der Waals surface area contributed by atoms with Crippen LogP contribution in [0.5, 0.6) is 0 Å². The highest BCUT2D eigenvalue weighted by Crippen LogP contribution is 2.36. The molecule has 0 saturated carbocycles. The molecule has 0 saturated heterocycles. The predicted molar refractivity (Wildman–Crippen MR) is 102 cm³/mol. The molecular formula is C18H10BrCl2N3. The van der Waals surface area contributed by atoms with Gasteiger partial charge in [0.25, 0.3) is 0 Å². The minimum absolute atomic E-state index is 0.163. The molecule has 3 nitrogen and oxygen atoms in total. The number of nitrogens with zero attached hydrogens (tertiary/aromatic N) is 2. The minimum Gasteiger partial charge on any atom is -0.383 e. The number of nitriles is 1. The number of nitrogen functional groups attached to an aromatic ring is 1. The van der Waals surface area contributed by atoms with E-state index < -0.39 is 0 Å². The second-order valence-corrected chi connectivity index (χ2v) is 6.82. The van der Waals surface area contributed by atoms with Crippen molar-refractivity contribution in [2.45, 2.75) is 0 Å². The van der Waals surface area contributed by atoms with Crippen molar-refractivity contribution in [2.75, 3.05) is 5.73 Å². The maximum Gasteiger partial charge on any atom is 0.142 e. The third-order valence-corrected chi connectivity index (χ3v) is 4.54. The highest BCUT2D eigenvalue weighted by atomic mass is 79.9. The molecule has 0 aliphatic rings. The fourth-order valence-corrected chi connectivity index (χ4v) is 3.31. The van der Waals surface area contributed by atoms with Gasteiger partial charge in [0.15, 0.2) is 0 Å². The van der Waals surface area contributed by atoms with Gasteiger partial charge < -0.3 is 5.73 Å². The first kappa shape index (κ1) is 16.8. The molecule has 0 amide bonds. The van der Waals surface area contributed by atoms with Crippen molar-refractivity contribution >= 4 is 44.9 Å². The average molecular weight is 419 g/mol. The molecular weight excluding hydrogens is 409 g/mol. The zero-order valence-electron chi connectivity index (χ0n) is 12.2. The number of halogens is 3. The number of anilines is 1. The molecule has 6 heteroatoms. The molecule has 118 valence electrons. The molecule has 0 aliphatic carbocycles. The van der Waals surface area contributed by atoms with Crippen molar-refractivity contribution in [1.29, 1.82) is 5.26 Å². The van der Waals surface area contributed by atoms with Gasteiger partial charge in [-0.1, -0.05) is 57.3 Å². The van der Waals surface area contributed by atoms with E-state index in [1.54, 1.807) is 18.2 Å². The summed E-state index contributed by atoms with van der Waals surface area (Å²) in [5.74, 6) is 0.163. The largest absolute Gasteiger partial charge is 0.383 e. The molecule has 0 spiro atoms. The number of hydrogen-bond acceptors (Lipinski definition) is 3. The van der Waals surface area contributed by atoms with Crippen LogP contribution in [-0.4, -0.2) is 4.98 Å². The third kappa shape index (κ3) is 3.25. The van der Waals surface area contributed by atoms with Crippen LogP contribution in [0.1, 0.15) is 5.56 Å². The maximum absolute atomic E-state index is 9.46. The van der Waals surface area contributed by atoms with E-state index in [9.17, 15) is 5.26 Å². The second-order valence-electron chi connectivity index (χ2n) is 5.06. The van der Waals surface area contributed by atoms with Gasteiger partial charge in [-0.2, -0.15) is 5.26 Å². The van der Waals surface area contributed by atoms with E-state index in [1.807, 2.05) is 30.3 Å². The molecule has 2 N–H and O–H groups in total. The van der Waals surface area contributed by atoms with E-state index in [0.717, 1.165) is 10.0 Å². The van der Waals surface area contributed by atoms with Crippen LogP contribution >= 0.6 is 39.1 Å². The van der Waals surface area contributed by atoms with E-state index in [1.165, 1.54) is 0 Å². The number of aromatic nitrogens is 1. The van der Waals surface area contributed by atoms with E-state index in [4.69, 9.17) is 28.9 Å². The summed E-state index contributed by atoms with van der Waals surface area (Å²) in [6.45, 7) is 0. The number of pyridine rings is 1. The minimum atomic E-state index is 0.163. The van der Waals surface area contributed by atoms with Crippen LogP contribution in [0.15, 0.2) is 53.0 Å². The summed E-state index contributed by atoms with van der Waals surface area (Å²) in [6.07, 6.45) is 0. The Balaban J connectivity index is 2.27. The SMILES string of the molecule is N#Cc1c(-c2ccc(Cl)cc2Cl)cc(-c2cccc(Br)c2)nc1N. The Hall–Kier alpha value is -2.06. The summed E-state index contributed by atoms with van der Waals surface area (Å²) >= 11 is 15.7. The summed E-state index contributed by atoms with van der Waals surface area (Å²) in [4.78, 5) is 4.35. The molecule has 24 heavy (non-hydrogen) atoms. The Kier molecular flexibility index (Phi) is 4.77. The van der Waals surface area contributed by atoms with Gasteiger partial charge in [-0.05, 0) is 30.3 Å². The van der Waals surface area contributed by atoms with Gasteiger partial charge in [0, 0.05) is 31.2 Å². The van der Waals surface area contributed by atoms with Crippen LogP contribution in [0, 0.1) is 11.3 Å². The molecule has 3 rings (SSSR count). The van der Waals surface area contributed by atoms with Crippen molar-refractivity contribution < 1.29 is 0 Å². The van der Waals surface area contributed by atoms with E-state index in [2.05, 4.69) is 27.0 Å². The molecule has 0 atom stereocenters. The monoisotopic (exact) mass is 417 g/mol. The van der Waals surface area contributed by atoms with Gasteiger partial charge in [0.1, 0.15) is 17.5 Å². The third-order valence-electron chi connectivity index (χ3n) is 3.50. The normalized spacial score (nSPS) is 10.4. The van der Waals surface area contributed by atoms with Crippen molar-refractivity contribution in [3.05, 3.63) is 68.6 Å². The lowest BCUT2D eigenvalue weighted by Gasteiger charge is -2.12. The van der Waals surface area contributed by atoms with Crippen LogP contribution in [0.3, 0.4) is 0 Å². The molecule has 3 aromatic rings. The molecule has 1 aromatic heterocycles. The lowest BCUT2D eigenvalue weighted by molar-refractivity contribution is 1.31. The second kappa shape index (κ2) is 6.82. The summed E-state index contributed by atoms with van der Waals surface area (Å²) in [5.41, 5.74) is 9.15. The Morgan fingerprint density at radius 2 is 1.83 bits per heavy atom. The van der Waals surface area contributed by atoms with Gasteiger partial charge in [0.2, 0.25) is 0 Å². The highest BCUT2D eigenvalue weighted by Gasteiger charge is 2.16. The van der Waals surface area contributed by atoms with Crippen LogP contribution in [0.2, 0.25) is 10.0 Å². The Labute approximate surface area is 157 Å². The van der Waals surface area contributed by atoms with E-state index in [0.29, 0.717) is 26.9 Å².